The van der Waals surface area contributed by atoms with Gasteiger partial charge in [-0.3, -0.25) is 9.78 Å². The maximum atomic E-state index is 11.6. The quantitative estimate of drug-likeness (QED) is 0.826. The van der Waals surface area contributed by atoms with Crippen molar-refractivity contribution in [3.63, 3.8) is 0 Å². The number of aromatic nitrogens is 1. The molecule has 2 rings (SSSR count). The van der Waals surface area contributed by atoms with Gasteiger partial charge in [-0.25, -0.2) is 0 Å². The van der Waals surface area contributed by atoms with Crippen LogP contribution in [0.5, 0.6) is 0 Å². The van der Waals surface area contributed by atoms with Crippen molar-refractivity contribution in [2.24, 2.45) is 0 Å². The summed E-state index contributed by atoms with van der Waals surface area (Å²) < 4.78 is 4.90. The molecular weight excluding hydrogens is 218 g/mol. The lowest BCUT2D eigenvalue weighted by atomic mass is 10.2. The normalized spacial score (nSPS) is 10.1. The van der Waals surface area contributed by atoms with Crippen molar-refractivity contribution in [2.75, 3.05) is 5.73 Å². The summed E-state index contributed by atoms with van der Waals surface area (Å²) in [7, 11) is 0. The molecule has 0 fully saturated rings. The predicted octanol–water partition coefficient (Wildman–Crippen LogP) is 1.12. The van der Waals surface area contributed by atoms with Crippen LogP contribution in [0, 0.1) is 0 Å². The third kappa shape index (κ3) is 3.34. The van der Waals surface area contributed by atoms with Crippen LogP contribution < -0.4 is 11.1 Å². The van der Waals surface area contributed by atoms with Gasteiger partial charge in [-0.05, 0) is 18.2 Å². The molecule has 88 valence electrons. The van der Waals surface area contributed by atoms with Gasteiger partial charge >= 0.3 is 0 Å². The first-order chi connectivity index (χ1) is 8.24. The topological polar surface area (TPSA) is 81.2 Å². The Morgan fingerprint density at radius 2 is 2.29 bits per heavy atom. The third-order valence-electron chi connectivity index (χ3n) is 2.26. The van der Waals surface area contributed by atoms with Crippen LogP contribution in [0.2, 0.25) is 0 Å². The number of hydrogen-bond acceptors (Lipinski definition) is 4. The summed E-state index contributed by atoms with van der Waals surface area (Å²) in [5, 5.41) is 2.78. The number of nitrogen functional groups attached to an aromatic ring is 1. The minimum atomic E-state index is -0.0801. The summed E-state index contributed by atoms with van der Waals surface area (Å²) in [6.45, 7) is 0.463. The summed E-state index contributed by atoms with van der Waals surface area (Å²) in [4.78, 5) is 15.6. The molecule has 2 aromatic rings. The number of pyridine rings is 1. The molecule has 2 heterocycles. The van der Waals surface area contributed by atoms with Crippen molar-refractivity contribution >= 4 is 11.6 Å². The van der Waals surface area contributed by atoms with Crippen LogP contribution >= 0.6 is 0 Å². The molecule has 0 aliphatic rings. The number of nitrogens with two attached hydrogens (primary N) is 1. The van der Waals surface area contributed by atoms with E-state index in [2.05, 4.69) is 10.3 Å². The Hall–Kier alpha value is -2.30. The highest BCUT2D eigenvalue weighted by molar-refractivity contribution is 5.78. The highest BCUT2D eigenvalue weighted by Crippen LogP contribution is 2.02. The number of nitrogens with zero attached hydrogens (tertiary/aromatic N) is 1. The minimum absolute atomic E-state index is 0.0801. The van der Waals surface area contributed by atoms with Crippen LogP contribution in [0.15, 0.2) is 41.3 Å². The van der Waals surface area contributed by atoms with Crippen molar-refractivity contribution in [1.29, 1.82) is 0 Å². The van der Waals surface area contributed by atoms with Gasteiger partial charge in [0, 0.05) is 17.8 Å². The third-order valence-corrected chi connectivity index (χ3v) is 2.26. The molecule has 0 spiro atoms. The first-order valence-corrected chi connectivity index (χ1v) is 5.22. The molecule has 0 aliphatic heterocycles. The van der Waals surface area contributed by atoms with Crippen LogP contribution in [0.1, 0.15) is 11.3 Å². The van der Waals surface area contributed by atoms with Crippen molar-refractivity contribution in [2.45, 2.75) is 13.0 Å². The van der Waals surface area contributed by atoms with Gasteiger partial charge in [0.15, 0.2) is 0 Å². The molecule has 0 saturated carbocycles. The predicted molar refractivity (Wildman–Crippen MR) is 62.9 cm³/mol. The highest BCUT2D eigenvalue weighted by atomic mass is 16.3. The summed E-state index contributed by atoms with van der Waals surface area (Å²) in [6.07, 6.45) is 4.96. The van der Waals surface area contributed by atoms with E-state index in [-0.39, 0.29) is 12.3 Å². The van der Waals surface area contributed by atoms with Crippen LogP contribution in [0.3, 0.4) is 0 Å². The SMILES string of the molecule is Nc1ccc(CC(=O)NCc2ccoc2)nc1. The Labute approximate surface area is 98.6 Å². The monoisotopic (exact) mass is 231 g/mol. The Kier molecular flexibility index (Phi) is 3.40. The van der Waals surface area contributed by atoms with E-state index in [0.717, 1.165) is 5.56 Å². The standard InChI is InChI=1S/C12H13N3O2/c13-10-1-2-11(14-7-10)5-12(16)15-6-9-3-4-17-8-9/h1-4,7-8H,5-6,13H2,(H,15,16). The number of amides is 1. The largest absolute Gasteiger partial charge is 0.472 e. The molecule has 0 aromatic carbocycles. The van der Waals surface area contributed by atoms with E-state index in [1.165, 1.54) is 0 Å². The molecule has 1 amide bonds. The lowest BCUT2D eigenvalue weighted by Gasteiger charge is -2.03. The van der Waals surface area contributed by atoms with Gasteiger partial charge in [0.05, 0.1) is 30.8 Å². The molecule has 0 bridgehead atoms. The maximum Gasteiger partial charge on any atom is 0.226 e. The Morgan fingerprint density at radius 3 is 2.94 bits per heavy atom. The molecule has 0 radical (unpaired) electrons. The van der Waals surface area contributed by atoms with Gasteiger partial charge in [-0.2, -0.15) is 0 Å². The van der Waals surface area contributed by atoms with Gasteiger partial charge in [-0.15, -0.1) is 0 Å². The van der Waals surface area contributed by atoms with Gasteiger partial charge < -0.3 is 15.5 Å². The zero-order valence-corrected chi connectivity index (χ0v) is 9.22. The van der Waals surface area contributed by atoms with Gasteiger partial charge in [0.2, 0.25) is 5.91 Å². The van der Waals surface area contributed by atoms with Gasteiger partial charge in [0.1, 0.15) is 0 Å². The molecule has 2 aromatic heterocycles. The Balaban J connectivity index is 1.83. The van der Waals surface area contributed by atoms with E-state index in [1.54, 1.807) is 30.9 Å². The number of anilines is 1. The van der Waals surface area contributed by atoms with Gasteiger partial charge in [-0.1, -0.05) is 0 Å². The molecule has 0 atom stereocenters. The molecule has 5 nitrogen and oxygen atoms in total. The maximum absolute atomic E-state index is 11.6. The highest BCUT2D eigenvalue weighted by Gasteiger charge is 2.04. The van der Waals surface area contributed by atoms with Crippen LogP contribution in [-0.4, -0.2) is 10.9 Å². The molecule has 5 heteroatoms. The van der Waals surface area contributed by atoms with E-state index in [0.29, 0.717) is 17.9 Å². The average Bonchev–Trinajstić information content (AvgIpc) is 2.83. The number of rotatable bonds is 4. The van der Waals surface area contributed by atoms with Crippen molar-refractivity contribution in [1.82, 2.24) is 10.3 Å². The second-order valence-corrected chi connectivity index (χ2v) is 3.67. The average molecular weight is 231 g/mol. The van der Waals surface area contributed by atoms with Crippen LogP contribution in [0.4, 0.5) is 5.69 Å². The summed E-state index contributed by atoms with van der Waals surface area (Å²) in [5.74, 6) is -0.0801. The van der Waals surface area contributed by atoms with E-state index in [1.807, 2.05) is 6.07 Å². The first-order valence-electron chi connectivity index (χ1n) is 5.22. The van der Waals surface area contributed by atoms with E-state index < -0.39 is 0 Å². The Bertz CT molecular complexity index is 477. The molecule has 3 N–H and O–H groups in total. The smallest absolute Gasteiger partial charge is 0.226 e. The van der Waals surface area contributed by atoms with E-state index in [4.69, 9.17) is 10.2 Å². The van der Waals surface area contributed by atoms with Crippen molar-refractivity contribution < 1.29 is 9.21 Å². The minimum Gasteiger partial charge on any atom is -0.472 e. The Morgan fingerprint density at radius 1 is 1.41 bits per heavy atom. The number of carbonyl (C=O) groups is 1. The van der Waals surface area contributed by atoms with Crippen molar-refractivity contribution in [3.8, 4) is 0 Å². The molecule has 0 unspecified atom stereocenters. The first kappa shape index (κ1) is 11.2. The van der Waals surface area contributed by atoms with Crippen LogP contribution in [-0.2, 0) is 17.8 Å². The lowest BCUT2D eigenvalue weighted by molar-refractivity contribution is -0.120. The number of carbonyl (C=O) groups excluding carboxylic acids is 1. The molecular formula is C12H13N3O2. The second kappa shape index (κ2) is 5.16. The zero-order valence-electron chi connectivity index (χ0n) is 9.22. The van der Waals surface area contributed by atoms with Crippen LogP contribution in [0.25, 0.3) is 0 Å². The lowest BCUT2D eigenvalue weighted by Crippen LogP contribution is -2.24. The fourth-order valence-electron chi connectivity index (χ4n) is 1.36. The molecule has 0 aliphatic carbocycles. The van der Waals surface area contributed by atoms with E-state index >= 15 is 0 Å². The van der Waals surface area contributed by atoms with Gasteiger partial charge in [0.25, 0.3) is 0 Å². The second-order valence-electron chi connectivity index (χ2n) is 3.67. The fourth-order valence-corrected chi connectivity index (χ4v) is 1.36. The fraction of sp³-hybridized carbons (Fsp3) is 0.167. The molecule has 0 saturated heterocycles. The zero-order chi connectivity index (χ0) is 12.1. The summed E-state index contributed by atoms with van der Waals surface area (Å²) >= 11 is 0. The summed E-state index contributed by atoms with van der Waals surface area (Å²) in [6, 6.07) is 5.28. The van der Waals surface area contributed by atoms with E-state index in [9.17, 15) is 4.79 Å². The van der Waals surface area contributed by atoms with Crippen molar-refractivity contribution in [3.05, 3.63) is 48.2 Å². The number of nitrogens with one attached hydrogen (secondary N) is 1. The number of furan rings is 1. The molecule has 17 heavy (non-hydrogen) atoms. The number of hydrogen-bond donors (Lipinski definition) is 2. The summed E-state index contributed by atoms with van der Waals surface area (Å²) in [5.41, 5.74) is 7.73.